The van der Waals surface area contributed by atoms with Gasteiger partial charge in [0.2, 0.25) is 0 Å². The minimum absolute atomic E-state index is 0.0540. The van der Waals surface area contributed by atoms with Gasteiger partial charge in [-0.2, -0.15) is 0 Å². The second kappa shape index (κ2) is 13.0. The molecule has 0 fully saturated rings. The Morgan fingerprint density at radius 2 is 0.708 bits per heavy atom. The summed E-state index contributed by atoms with van der Waals surface area (Å²) in [4.78, 5) is 30.4. The molecule has 0 saturated carbocycles. The van der Waals surface area contributed by atoms with Gasteiger partial charge < -0.3 is 0 Å². The number of fused-ring (bicyclic) bond motifs is 2. The highest BCUT2D eigenvalue weighted by Gasteiger charge is 2.37. The van der Waals surface area contributed by atoms with E-state index in [1.54, 1.807) is 0 Å². The third kappa shape index (κ3) is 5.84. The quantitative estimate of drug-likeness (QED) is 0.169. The highest BCUT2D eigenvalue weighted by atomic mass is 16.1. The van der Waals surface area contributed by atoms with Crippen molar-refractivity contribution in [2.24, 2.45) is 0 Å². The van der Waals surface area contributed by atoms with Crippen LogP contribution in [0.3, 0.4) is 0 Å². The van der Waals surface area contributed by atoms with E-state index < -0.39 is 0 Å². The molecular formula is C46H40O2. The number of aryl methyl sites for hydroxylation is 8. The summed E-state index contributed by atoms with van der Waals surface area (Å²) in [6.45, 7) is 8.38. The molecule has 0 N–H and O–H groups in total. The zero-order valence-corrected chi connectivity index (χ0v) is 28.2. The van der Waals surface area contributed by atoms with Crippen LogP contribution in [-0.2, 0) is 25.7 Å². The molecule has 0 bridgehead atoms. The molecule has 236 valence electrons. The smallest absolute Gasteiger partial charge is 0.195 e. The van der Waals surface area contributed by atoms with Gasteiger partial charge in [0.15, 0.2) is 11.6 Å². The summed E-state index contributed by atoms with van der Waals surface area (Å²) in [6, 6.07) is 41.6. The molecule has 0 amide bonds. The maximum atomic E-state index is 15.2. The van der Waals surface area contributed by atoms with E-state index in [2.05, 4.69) is 137 Å². The zero-order valence-electron chi connectivity index (χ0n) is 28.2. The molecule has 6 aromatic rings. The number of rotatable bonds is 8. The number of hydrogen-bond donors (Lipinski definition) is 0. The SMILES string of the molecule is Cc1ccc(-c2ccc(-c3ccc(C)cc3)c3c2C(=O)c2c(CCc4ccccc4C)ccc(CCc4ccccc4C)c2C3=O)cc1. The van der Waals surface area contributed by atoms with Crippen molar-refractivity contribution in [3.63, 3.8) is 0 Å². The standard InChI is InChI=1S/C46H40O2/c1-29-13-17-35(18-14-29)39-27-28-40(36-19-15-30(2)16-20-36)44-43(39)45(47)41-37(23-21-33-11-7-5-9-31(33)3)25-26-38(42(41)46(44)48)24-22-34-12-8-6-10-32(34)4/h5-20,25-28H,21-24H2,1-4H3. The van der Waals surface area contributed by atoms with E-state index in [4.69, 9.17) is 0 Å². The molecule has 7 rings (SSSR count). The van der Waals surface area contributed by atoms with Crippen LogP contribution in [0.15, 0.2) is 121 Å². The van der Waals surface area contributed by atoms with Gasteiger partial charge in [0.1, 0.15) is 0 Å². The fourth-order valence-corrected chi connectivity index (χ4v) is 7.22. The first-order valence-electron chi connectivity index (χ1n) is 16.9. The third-order valence-corrected chi connectivity index (χ3v) is 10.1. The Hall–Kier alpha value is -5.34. The molecule has 0 aromatic heterocycles. The van der Waals surface area contributed by atoms with Crippen molar-refractivity contribution in [2.45, 2.75) is 53.4 Å². The fourth-order valence-electron chi connectivity index (χ4n) is 7.22. The van der Waals surface area contributed by atoms with E-state index in [1.807, 2.05) is 12.1 Å². The minimum Gasteiger partial charge on any atom is -0.289 e. The first-order valence-corrected chi connectivity index (χ1v) is 16.9. The van der Waals surface area contributed by atoms with Gasteiger partial charge in [-0.25, -0.2) is 0 Å². The molecule has 48 heavy (non-hydrogen) atoms. The average Bonchev–Trinajstić information content (AvgIpc) is 3.10. The molecule has 1 aliphatic rings. The van der Waals surface area contributed by atoms with Crippen LogP contribution in [-0.4, -0.2) is 11.6 Å². The molecule has 0 atom stereocenters. The van der Waals surface area contributed by atoms with Crippen LogP contribution >= 0.6 is 0 Å². The van der Waals surface area contributed by atoms with E-state index in [0.29, 0.717) is 35.1 Å². The van der Waals surface area contributed by atoms with Crippen molar-refractivity contribution in [3.05, 3.63) is 188 Å². The van der Waals surface area contributed by atoms with Gasteiger partial charge in [-0.05, 0) is 109 Å². The van der Waals surface area contributed by atoms with Gasteiger partial charge in [-0.1, -0.05) is 132 Å². The summed E-state index contributed by atoms with van der Waals surface area (Å²) in [6.07, 6.45) is 2.95. The van der Waals surface area contributed by atoms with Crippen molar-refractivity contribution < 1.29 is 9.59 Å². The van der Waals surface area contributed by atoms with E-state index in [0.717, 1.165) is 57.3 Å². The van der Waals surface area contributed by atoms with Crippen molar-refractivity contribution in [2.75, 3.05) is 0 Å². The van der Waals surface area contributed by atoms with Crippen molar-refractivity contribution in [3.8, 4) is 22.3 Å². The van der Waals surface area contributed by atoms with Crippen LogP contribution in [0.1, 0.15) is 76.4 Å². The number of carbonyl (C=O) groups is 2. The number of hydrogen-bond acceptors (Lipinski definition) is 2. The fraction of sp³-hybridized carbons (Fsp3) is 0.174. The predicted molar refractivity (Wildman–Crippen MR) is 197 cm³/mol. The Morgan fingerprint density at radius 3 is 1.08 bits per heavy atom. The minimum atomic E-state index is -0.0540. The first kappa shape index (κ1) is 31.3. The lowest BCUT2D eigenvalue weighted by atomic mass is 9.73. The van der Waals surface area contributed by atoms with Crippen molar-refractivity contribution >= 4 is 11.6 Å². The summed E-state index contributed by atoms with van der Waals surface area (Å²) in [5.74, 6) is -0.108. The lowest BCUT2D eigenvalue weighted by Crippen LogP contribution is -2.26. The van der Waals surface area contributed by atoms with Crippen LogP contribution in [0.2, 0.25) is 0 Å². The van der Waals surface area contributed by atoms with Crippen molar-refractivity contribution in [1.82, 2.24) is 0 Å². The highest BCUT2D eigenvalue weighted by Crippen LogP contribution is 2.42. The molecule has 2 heteroatoms. The van der Waals surface area contributed by atoms with Crippen LogP contribution in [0.5, 0.6) is 0 Å². The summed E-state index contributed by atoms with van der Waals surface area (Å²) in [5, 5.41) is 0. The highest BCUT2D eigenvalue weighted by molar-refractivity contribution is 6.33. The Labute approximate surface area is 284 Å². The Morgan fingerprint density at radius 1 is 0.354 bits per heavy atom. The van der Waals surface area contributed by atoms with Gasteiger partial charge in [0.05, 0.1) is 0 Å². The Kier molecular flexibility index (Phi) is 8.50. The topological polar surface area (TPSA) is 34.1 Å². The summed E-state index contributed by atoms with van der Waals surface area (Å²) in [5.41, 5.74) is 14.8. The van der Waals surface area contributed by atoms with Crippen LogP contribution < -0.4 is 0 Å². The number of carbonyl (C=O) groups excluding carboxylic acids is 2. The zero-order chi connectivity index (χ0) is 33.4. The number of ketones is 2. The number of benzene rings is 6. The molecule has 1 aliphatic carbocycles. The Balaban J connectivity index is 1.43. The molecule has 0 saturated heterocycles. The summed E-state index contributed by atoms with van der Waals surface area (Å²) >= 11 is 0. The van der Waals surface area contributed by atoms with E-state index in [9.17, 15) is 0 Å². The molecule has 0 unspecified atom stereocenters. The van der Waals surface area contributed by atoms with Gasteiger partial charge >= 0.3 is 0 Å². The Bertz CT molecular complexity index is 2030. The first-order chi connectivity index (χ1) is 23.3. The largest absolute Gasteiger partial charge is 0.289 e. The normalized spacial score (nSPS) is 12.2. The summed E-state index contributed by atoms with van der Waals surface area (Å²) in [7, 11) is 0. The van der Waals surface area contributed by atoms with E-state index >= 15 is 9.59 Å². The summed E-state index contributed by atoms with van der Waals surface area (Å²) < 4.78 is 0. The third-order valence-electron chi connectivity index (χ3n) is 10.1. The van der Waals surface area contributed by atoms with Gasteiger partial charge in [0, 0.05) is 22.3 Å². The second-order valence-electron chi connectivity index (χ2n) is 13.3. The van der Waals surface area contributed by atoms with E-state index in [-0.39, 0.29) is 11.6 Å². The lowest BCUT2D eigenvalue weighted by Gasteiger charge is -2.27. The lowest BCUT2D eigenvalue weighted by molar-refractivity contribution is 0.0978. The molecule has 2 nitrogen and oxygen atoms in total. The monoisotopic (exact) mass is 624 g/mol. The van der Waals surface area contributed by atoms with Gasteiger partial charge in [-0.15, -0.1) is 0 Å². The van der Waals surface area contributed by atoms with E-state index in [1.165, 1.54) is 22.3 Å². The molecule has 0 heterocycles. The maximum Gasteiger partial charge on any atom is 0.195 e. The van der Waals surface area contributed by atoms with Gasteiger partial charge in [0.25, 0.3) is 0 Å². The van der Waals surface area contributed by atoms with Crippen molar-refractivity contribution in [1.29, 1.82) is 0 Å². The van der Waals surface area contributed by atoms with Gasteiger partial charge in [-0.3, -0.25) is 9.59 Å². The van der Waals surface area contributed by atoms with Crippen LogP contribution in [0.4, 0.5) is 0 Å². The molecule has 6 aromatic carbocycles. The van der Waals surface area contributed by atoms with Crippen LogP contribution in [0.25, 0.3) is 22.3 Å². The predicted octanol–water partition coefficient (Wildman–Crippen LogP) is 10.6. The molecular weight excluding hydrogens is 585 g/mol. The van der Waals surface area contributed by atoms with Crippen LogP contribution in [0, 0.1) is 27.7 Å². The second-order valence-corrected chi connectivity index (χ2v) is 13.3. The molecule has 0 spiro atoms. The molecule has 0 radical (unpaired) electrons. The molecule has 0 aliphatic heterocycles. The average molecular weight is 625 g/mol. The maximum absolute atomic E-state index is 15.2.